The Bertz CT molecular complexity index is 731. The van der Waals surface area contributed by atoms with Crippen molar-refractivity contribution >= 4 is 11.8 Å². The predicted molar refractivity (Wildman–Crippen MR) is 81.7 cm³/mol. The van der Waals surface area contributed by atoms with Gasteiger partial charge < -0.3 is 19.1 Å². The summed E-state index contributed by atoms with van der Waals surface area (Å²) in [5.41, 5.74) is 0.762. The monoisotopic (exact) mass is 330 g/mol. The molecule has 0 saturated carbocycles. The first-order valence-electron chi connectivity index (χ1n) is 8.15. The van der Waals surface area contributed by atoms with E-state index in [1.807, 2.05) is 4.90 Å². The van der Waals surface area contributed by atoms with Crippen molar-refractivity contribution in [1.29, 1.82) is 0 Å². The van der Waals surface area contributed by atoms with Crippen molar-refractivity contribution in [2.45, 2.75) is 37.6 Å². The zero-order chi connectivity index (χ0) is 16.5. The zero-order valence-electron chi connectivity index (χ0n) is 13.1. The molecule has 24 heavy (non-hydrogen) atoms. The number of nitrogens with one attached hydrogen (secondary N) is 1. The first-order valence-corrected chi connectivity index (χ1v) is 8.15. The van der Waals surface area contributed by atoms with E-state index in [4.69, 9.17) is 8.83 Å². The maximum Gasteiger partial charge on any atom is 0.250 e. The summed E-state index contributed by atoms with van der Waals surface area (Å²) in [4.78, 5) is 25.5. The Kier molecular flexibility index (Phi) is 3.79. The molecule has 4 heterocycles. The quantitative estimate of drug-likeness (QED) is 0.910. The van der Waals surface area contributed by atoms with Crippen molar-refractivity contribution in [3.8, 4) is 11.5 Å². The van der Waals surface area contributed by atoms with Gasteiger partial charge in [0.2, 0.25) is 17.7 Å². The van der Waals surface area contributed by atoms with E-state index < -0.39 is 0 Å². The minimum Gasteiger partial charge on any atom is -0.472 e. The highest BCUT2D eigenvalue weighted by Crippen LogP contribution is 2.30. The Morgan fingerprint density at radius 1 is 1.25 bits per heavy atom. The molecule has 2 saturated heterocycles. The molecule has 1 N–H and O–H groups in total. The Morgan fingerprint density at radius 3 is 2.75 bits per heavy atom. The van der Waals surface area contributed by atoms with Crippen LogP contribution in [0.4, 0.5) is 0 Å². The lowest BCUT2D eigenvalue weighted by atomic mass is 9.96. The second-order valence-electron chi connectivity index (χ2n) is 6.22. The molecule has 0 aliphatic carbocycles. The molecule has 2 fully saturated rings. The van der Waals surface area contributed by atoms with Crippen LogP contribution >= 0.6 is 0 Å². The van der Waals surface area contributed by atoms with Gasteiger partial charge in [-0.1, -0.05) is 0 Å². The minimum atomic E-state index is -0.356. The lowest BCUT2D eigenvalue weighted by molar-refractivity contribution is -0.135. The summed E-state index contributed by atoms with van der Waals surface area (Å²) in [6.45, 7) is 1.28. The molecule has 4 rings (SSSR count). The molecule has 0 spiro atoms. The number of nitrogens with zero attached hydrogens (tertiary/aromatic N) is 3. The van der Waals surface area contributed by atoms with Gasteiger partial charge >= 0.3 is 0 Å². The molecular weight excluding hydrogens is 312 g/mol. The van der Waals surface area contributed by atoms with Gasteiger partial charge in [-0.15, -0.1) is 10.2 Å². The fourth-order valence-electron chi connectivity index (χ4n) is 3.27. The van der Waals surface area contributed by atoms with E-state index in [1.165, 1.54) is 0 Å². The summed E-state index contributed by atoms with van der Waals surface area (Å²) >= 11 is 0. The van der Waals surface area contributed by atoms with E-state index in [0.29, 0.717) is 37.7 Å². The fraction of sp³-hybridized carbons (Fsp3) is 0.500. The highest BCUT2D eigenvalue weighted by molar-refractivity contribution is 5.90. The second kappa shape index (κ2) is 6.10. The molecule has 2 aliphatic rings. The first kappa shape index (κ1) is 14.9. The third-order valence-corrected chi connectivity index (χ3v) is 4.66. The van der Waals surface area contributed by atoms with Crippen LogP contribution in [0.3, 0.4) is 0 Å². The van der Waals surface area contributed by atoms with Crippen LogP contribution in [0.1, 0.15) is 37.5 Å². The maximum atomic E-state index is 12.4. The van der Waals surface area contributed by atoms with Crippen molar-refractivity contribution in [3.05, 3.63) is 24.5 Å². The van der Waals surface area contributed by atoms with Gasteiger partial charge in [0.15, 0.2) is 0 Å². The summed E-state index contributed by atoms with van der Waals surface area (Å²) in [6.07, 6.45) is 5.71. The minimum absolute atomic E-state index is 0.0175. The highest BCUT2D eigenvalue weighted by atomic mass is 16.4. The second-order valence-corrected chi connectivity index (χ2v) is 6.22. The molecule has 0 aromatic carbocycles. The van der Waals surface area contributed by atoms with E-state index in [1.54, 1.807) is 18.6 Å². The van der Waals surface area contributed by atoms with Gasteiger partial charge in [0.05, 0.1) is 11.8 Å². The molecule has 8 nitrogen and oxygen atoms in total. The van der Waals surface area contributed by atoms with Crippen LogP contribution < -0.4 is 5.32 Å². The van der Waals surface area contributed by atoms with Crippen molar-refractivity contribution in [3.63, 3.8) is 0 Å². The zero-order valence-corrected chi connectivity index (χ0v) is 13.1. The summed E-state index contributed by atoms with van der Waals surface area (Å²) < 4.78 is 10.8. The van der Waals surface area contributed by atoms with Crippen LogP contribution in [-0.4, -0.2) is 46.0 Å². The predicted octanol–water partition coefficient (Wildman–Crippen LogP) is 1.31. The van der Waals surface area contributed by atoms with Crippen molar-refractivity contribution < 1.29 is 18.4 Å². The van der Waals surface area contributed by atoms with Crippen LogP contribution in [0.25, 0.3) is 11.5 Å². The van der Waals surface area contributed by atoms with Gasteiger partial charge in [-0.3, -0.25) is 9.59 Å². The third kappa shape index (κ3) is 2.79. The number of hydrogen-bond donors (Lipinski definition) is 1. The third-order valence-electron chi connectivity index (χ3n) is 4.66. The molecule has 2 amide bonds. The topological polar surface area (TPSA) is 101 Å². The van der Waals surface area contributed by atoms with Gasteiger partial charge in [0.25, 0.3) is 5.89 Å². The van der Waals surface area contributed by atoms with Gasteiger partial charge in [-0.05, 0) is 25.3 Å². The maximum absolute atomic E-state index is 12.4. The van der Waals surface area contributed by atoms with Gasteiger partial charge in [-0.25, -0.2) is 0 Å². The largest absolute Gasteiger partial charge is 0.472 e. The Balaban J connectivity index is 1.36. The molecule has 0 radical (unpaired) electrons. The lowest BCUT2D eigenvalue weighted by Gasteiger charge is -2.32. The van der Waals surface area contributed by atoms with E-state index in [2.05, 4.69) is 15.5 Å². The number of likely N-dealkylation sites (tertiary alicyclic amines) is 1. The fourth-order valence-corrected chi connectivity index (χ4v) is 3.27. The first-order chi connectivity index (χ1) is 11.7. The number of furan rings is 1. The summed E-state index contributed by atoms with van der Waals surface area (Å²) in [5, 5.41) is 10.9. The van der Waals surface area contributed by atoms with Gasteiger partial charge in [-0.2, -0.15) is 0 Å². The molecule has 2 aromatic heterocycles. The van der Waals surface area contributed by atoms with Crippen LogP contribution in [0, 0.1) is 0 Å². The summed E-state index contributed by atoms with van der Waals surface area (Å²) in [7, 11) is 0. The van der Waals surface area contributed by atoms with Gasteiger partial charge in [0, 0.05) is 25.4 Å². The number of rotatable bonds is 3. The van der Waals surface area contributed by atoms with E-state index in [9.17, 15) is 9.59 Å². The molecule has 2 aliphatic heterocycles. The van der Waals surface area contributed by atoms with Crippen LogP contribution in [-0.2, 0) is 9.59 Å². The SMILES string of the molecule is O=C1CCC(C(=O)N2CCC(c3nnc(-c4ccoc4)o3)CC2)N1. The molecular formula is C16H18N4O4. The Labute approximate surface area is 138 Å². The average molecular weight is 330 g/mol. The normalized spacial score (nSPS) is 21.9. The molecule has 126 valence electrons. The van der Waals surface area contributed by atoms with Crippen LogP contribution in [0.15, 0.2) is 27.4 Å². The number of carbonyl (C=O) groups excluding carboxylic acids is 2. The van der Waals surface area contributed by atoms with Crippen LogP contribution in [0.2, 0.25) is 0 Å². The summed E-state index contributed by atoms with van der Waals surface area (Å²) in [6, 6.07) is 1.42. The highest BCUT2D eigenvalue weighted by Gasteiger charge is 2.34. The lowest BCUT2D eigenvalue weighted by Crippen LogP contribution is -2.47. The molecule has 2 aromatic rings. The molecule has 1 atom stereocenters. The van der Waals surface area contributed by atoms with E-state index >= 15 is 0 Å². The molecule has 0 bridgehead atoms. The number of aromatic nitrogens is 2. The van der Waals surface area contributed by atoms with E-state index in [0.717, 1.165) is 18.4 Å². The standard InChI is InChI=1S/C16H18N4O4/c21-13-2-1-12(17-13)16(22)20-6-3-10(4-7-20)14-18-19-15(24-14)11-5-8-23-9-11/h5,8-10,12H,1-4,6-7H2,(H,17,21). The van der Waals surface area contributed by atoms with Crippen molar-refractivity contribution in [1.82, 2.24) is 20.4 Å². The van der Waals surface area contributed by atoms with Gasteiger partial charge in [0.1, 0.15) is 12.3 Å². The average Bonchev–Trinajstić information content (AvgIpc) is 3.35. The number of hydrogen-bond acceptors (Lipinski definition) is 6. The van der Waals surface area contributed by atoms with Crippen LogP contribution in [0.5, 0.6) is 0 Å². The number of amides is 2. The smallest absolute Gasteiger partial charge is 0.250 e. The number of piperidine rings is 1. The summed E-state index contributed by atoms with van der Waals surface area (Å²) in [5.74, 6) is 1.18. The van der Waals surface area contributed by atoms with Crippen molar-refractivity contribution in [2.75, 3.05) is 13.1 Å². The number of carbonyl (C=O) groups is 2. The molecule has 8 heteroatoms. The van der Waals surface area contributed by atoms with E-state index in [-0.39, 0.29) is 23.8 Å². The Hall–Kier alpha value is -2.64. The van der Waals surface area contributed by atoms with Crippen molar-refractivity contribution in [2.24, 2.45) is 0 Å². The Morgan fingerprint density at radius 2 is 2.08 bits per heavy atom. The molecule has 1 unspecified atom stereocenters.